The molecule has 0 aliphatic carbocycles. The van der Waals surface area contributed by atoms with Crippen LogP contribution in [0.3, 0.4) is 0 Å². The zero-order valence-corrected chi connectivity index (χ0v) is 8.75. The van der Waals surface area contributed by atoms with E-state index in [0.717, 1.165) is 5.69 Å². The fourth-order valence-electron chi connectivity index (χ4n) is 0.853. The summed E-state index contributed by atoms with van der Waals surface area (Å²) in [7, 11) is 0. The van der Waals surface area contributed by atoms with E-state index in [1.54, 1.807) is 0 Å². The van der Waals surface area contributed by atoms with Crippen molar-refractivity contribution in [2.24, 2.45) is 0 Å². The van der Waals surface area contributed by atoms with Crippen LogP contribution in [0, 0.1) is 0 Å². The Morgan fingerprint density at radius 3 is 2.42 bits per heavy atom. The van der Waals surface area contributed by atoms with E-state index in [0.29, 0.717) is 0 Å². The van der Waals surface area contributed by atoms with Gasteiger partial charge in [-0.05, 0) is 0 Å². The molecule has 12 heavy (non-hydrogen) atoms. The van der Waals surface area contributed by atoms with Crippen LogP contribution in [0.15, 0.2) is 24.3 Å². The van der Waals surface area contributed by atoms with E-state index in [4.69, 9.17) is 0 Å². The van der Waals surface area contributed by atoms with Crippen LogP contribution >= 0.6 is 0 Å². The minimum atomic E-state index is -0.0364. The first-order valence-corrected chi connectivity index (χ1v) is 5.83. The number of rotatable bonds is 2. The molecule has 0 radical (unpaired) electrons. The van der Waals surface area contributed by atoms with Crippen molar-refractivity contribution in [3.63, 3.8) is 0 Å². The number of carbonyl (C=O) groups excluding carboxylic acids is 1. The molecule has 1 rings (SSSR count). The van der Waals surface area contributed by atoms with Crippen LogP contribution in [-0.2, 0) is 4.79 Å². The van der Waals surface area contributed by atoms with Gasteiger partial charge in [-0.1, -0.05) is 0 Å². The topological polar surface area (TPSA) is 29.1 Å². The molecular formula is C9H10AsNO. The van der Waals surface area contributed by atoms with E-state index in [1.165, 1.54) is 11.3 Å². The van der Waals surface area contributed by atoms with E-state index in [9.17, 15) is 4.79 Å². The van der Waals surface area contributed by atoms with Crippen LogP contribution in [0.2, 0.25) is 0 Å². The van der Waals surface area contributed by atoms with Crippen molar-refractivity contribution in [3.05, 3.63) is 24.3 Å². The normalized spacial score (nSPS) is 9.75. The predicted molar refractivity (Wildman–Crippen MR) is 53.3 cm³/mol. The molecule has 0 aliphatic rings. The third-order valence-electron chi connectivity index (χ3n) is 1.37. The molecule has 1 aromatic carbocycles. The van der Waals surface area contributed by atoms with Gasteiger partial charge in [0.25, 0.3) is 0 Å². The molecule has 3 heteroatoms. The molecule has 1 amide bonds. The fraction of sp³-hybridized carbons (Fsp3) is 0.111. The summed E-state index contributed by atoms with van der Waals surface area (Å²) in [4.78, 5) is 10.7. The first-order chi connectivity index (χ1) is 5.72. The zero-order valence-electron chi connectivity index (χ0n) is 6.87. The minimum absolute atomic E-state index is 0.0364. The molecule has 0 aliphatic heterocycles. The maximum atomic E-state index is 10.7. The van der Waals surface area contributed by atoms with E-state index in [-0.39, 0.29) is 21.2 Å². The molecule has 1 N–H and O–H groups in total. The van der Waals surface area contributed by atoms with Crippen molar-refractivity contribution >= 4 is 36.6 Å². The molecular weight excluding hydrogens is 213 g/mol. The second kappa shape index (κ2) is 4.22. The van der Waals surface area contributed by atoms with Crippen LogP contribution in [0.5, 0.6) is 0 Å². The summed E-state index contributed by atoms with van der Waals surface area (Å²) in [5, 5.41) is 6.56. The molecule has 0 fully saturated rings. The van der Waals surface area contributed by atoms with Crippen molar-refractivity contribution in [1.82, 2.24) is 0 Å². The molecule has 1 aromatic rings. The first kappa shape index (κ1) is 9.21. The second-order valence-corrected chi connectivity index (χ2v) is 4.13. The summed E-state index contributed by atoms with van der Waals surface area (Å²) in [5.41, 5.74) is 0.848. The quantitative estimate of drug-likeness (QED) is 0.723. The number of carbonyl (C=O) groups is 1. The van der Waals surface area contributed by atoms with Gasteiger partial charge in [-0.15, -0.1) is 0 Å². The molecule has 2 nitrogen and oxygen atoms in total. The average Bonchev–Trinajstić information content (AvgIpc) is 2.05. The summed E-state index contributed by atoms with van der Waals surface area (Å²) in [6.45, 7) is 1.50. The molecule has 0 bridgehead atoms. The molecule has 0 atom stereocenters. The number of anilines is 1. The van der Waals surface area contributed by atoms with Gasteiger partial charge in [-0.3, -0.25) is 0 Å². The number of hydrogen-bond acceptors (Lipinski definition) is 1. The summed E-state index contributed by atoms with van der Waals surface area (Å²) < 4.78 is 1.26. The van der Waals surface area contributed by atoms with E-state index in [1.807, 2.05) is 24.3 Å². The van der Waals surface area contributed by atoms with Crippen LogP contribution in [0.4, 0.5) is 5.69 Å². The van der Waals surface area contributed by atoms with Gasteiger partial charge in [-0.2, -0.15) is 0 Å². The Bertz CT molecular complexity index is 292. The number of benzene rings is 1. The Balaban J connectivity index is 2.77. The predicted octanol–water partition coefficient (Wildman–Crippen LogP) is 0.406. The Morgan fingerprint density at radius 2 is 2.00 bits per heavy atom. The zero-order chi connectivity index (χ0) is 8.97. The number of nitrogens with one attached hydrogen (secondary N) is 1. The van der Waals surface area contributed by atoms with Gasteiger partial charge < -0.3 is 0 Å². The third kappa shape index (κ3) is 2.63. The summed E-state index contributed by atoms with van der Waals surface area (Å²) in [5.74, 6) is -0.0364. The Kier molecular flexibility index (Phi) is 3.24. The molecule has 0 aromatic heterocycles. The summed E-state index contributed by atoms with van der Waals surface area (Å²) in [6.07, 6.45) is 0. The third-order valence-corrected chi connectivity index (χ3v) is 2.76. The van der Waals surface area contributed by atoms with Crippen LogP contribution in [0.1, 0.15) is 6.92 Å². The van der Waals surface area contributed by atoms with Crippen molar-refractivity contribution in [2.45, 2.75) is 6.92 Å². The van der Waals surface area contributed by atoms with Gasteiger partial charge in [0.15, 0.2) is 0 Å². The standard InChI is InChI=1S/C9H10AsNO/c1-7(12)11-9-5-3-8(10-2)4-6-9/h3-6H,2H2,1H3,(H,11,12). The monoisotopic (exact) mass is 223 g/mol. The van der Waals surface area contributed by atoms with Crippen LogP contribution in [0.25, 0.3) is 0 Å². The molecule has 0 heterocycles. The Hall–Kier alpha value is -0.882. The van der Waals surface area contributed by atoms with Crippen molar-refractivity contribution < 1.29 is 4.79 Å². The average molecular weight is 223 g/mol. The fourth-order valence-corrected chi connectivity index (χ4v) is 1.61. The molecule has 62 valence electrons. The van der Waals surface area contributed by atoms with Gasteiger partial charge in [0.05, 0.1) is 0 Å². The van der Waals surface area contributed by atoms with Gasteiger partial charge >= 0.3 is 77.9 Å². The van der Waals surface area contributed by atoms with Gasteiger partial charge in [-0.25, -0.2) is 0 Å². The summed E-state index contributed by atoms with van der Waals surface area (Å²) >= 11 is 0.0406. The number of hydrogen-bond donors (Lipinski definition) is 1. The van der Waals surface area contributed by atoms with E-state index < -0.39 is 0 Å². The summed E-state index contributed by atoms with van der Waals surface area (Å²) in [6, 6.07) is 7.80. The SMILES string of the molecule is C=[As]c1ccc(NC(C)=O)cc1. The van der Waals surface area contributed by atoms with Crippen molar-refractivity contribution in [3.8, 4) is 0 Å². The molecule has 0 saturated heterocycles. The van der Waals surface area contributed by atoms with Gasteiger partial charge in [0, 0.05) is 0 Å². The van der Waals surface area contributed by atoms with E-state index >= 15 is 0 Å². The molecule has 0 unspecified atom stereocenters. The van der Waals surface area contributed by atoms with Crippen LogP contribution < -0.4 is 9.67 Å². The maximum absolute atomic E-state index is 10.7. The number of amides is 1. The molecule has 0 saturated carbocycles. The van der Waals surface area contributed by atoms with Crippen molar-refractivity contribution in [1.29, 1.82) is 0 Å². The van der Waals surface area contributed by atoms with Crippen molar-refractivity contribution in [2.75, 3.05) is 5.32 Å². The molecule has 0 spiro atoms. The van der Waals surface area contributed by atoms with Gasteiger partial charge in [0.1, 0.15) is 0 Å². The second-order valence-electron chi connectivity index (χ2n) is 2.39. The van der Waals surface area contributed by atoms with Crippen LogP contribution in [-0.4, -0.2) is 26.5 Å². The van der Waals surface area contributed by atoms with Gasteiger partial charge in [0.2, 0.25) is 0 Å². The first-order valence-electron chi connectivity index (χ1n) is 3.57. The Labute approximate surface area is 78.2 Å². The Morgan fingerprint density at radius 1 is 1.42 bits per heavy atom. The van der Waals surface area contributed by atoms with E-state index in [2.05, 4.69) is 10.6 Å².